The van der Waals surface area contributed by atoms with Gasteiger partial charge in [0.2, 0.25) is 5.91 Å². The van der Waals surface area contributed by atoms with E-state index in [1.165, 1.54) is 37.0 Å². The molecule has 1 aliphatic carbocycles. The number of carbonyl (C=O) groups excluding carboxylic acids is 2. The summed E-state index contributed by atoms with van der Waals surface area (Å²) in [7, 11) is 0. The van der Waals surface area contributed by atoms with E-state index in [9.17, 15) is 9.59 Å². The molecule has 0 spiro atoms. The van der Waals surface area contributed by atoms with Crippen LogP contribution in [-0.4, -0.2) is 55.7 Å². The quantitative estimate of drug-likeness (QED) is 0.459. The molecule has 9 nitrogen and oxygen atoms in total. The largest absolute Gasteiger partial charge is 0.459 e. The van der Waals surface area contributed by atoms with Gasteiger partial charge < -0.3 is 15.2 Å². The second-order valence-electron chi connectivity index (χ2n) is 12.2. The van der Waals surface area contributed by atoms with Crippen molar-refractivity contribution in [3.63, 3.8) is 0 Å². The van der Waals surface area contributed by atoms with E-state index in [2.05, 4.69) is 25.8 Å². The Kier molecular flexibility index (Phi) is 8.44. The third kappa shape index (κ3) is 6.15. The van der Waals surface area contributed by atoms with Crippen LogP contribution in [0.25, 0.3) is 5.57 Å². The van der Waals surface area contributed by atoms with Crippen LogP contribution in [0.3, 0.4) is 0 Å². The van der Waals surface area contributed by atoms with E-state index in [4.69, 9.17) is 25.2 Å². The highest BCUT2D eigenvalue weighted by atomic mass is 32.1. The Morgan fingerprint density at radius 2 is 1.85 bits per heavy atom. The first-order valence-corrected chi connectivity index (χ1v) is 14.9. The molecule has 0 bridgehead atoms. The Labute approximate surface area is 235 Å². The first-order valence-electron chi connectivity index (χ1n) is 14.0. The number of likely N-dealkylation sites (tertiary alicyclic amines) is 1. The maximum atomic E-state index is 12.9. The molecular formula is C29H43N5O4S. The molecule has 4 rings (SSSR count). The lowest BCUT2D eigenvalue weighted by Gasteiger charge is -2.27. The first kappa shape index (κ1) is 29.1. The molecule has 10 heteroatoms. The summed E-state index contributed by atoms with van der Waals surface area (Å²) in [5.41, 5.74) is 8.62. The van der Waals surface area contributed by atoms with E-state index >= 15 is 0 Å². The summed E-state index contributed by atoms with van der Waals surface area (Å²) in [4.78, 5) is 36.5. The van der Waals surface area contributed by atoms with Gasteiger partial charge in [-0.2, -0.15) is 4.98 Å². The minimum atomic E-state index is -0.837. The Bertz CT molecular complexity index is 1220. The molecule has 39 heavy (non-hydrogen) atoms. The van der Waals surface area contributed by atoms with E-state index in [1.807, 2.05) is 18.4 Å². The van der Waals surface area contributed by atoms with Crippen LogP contribution in [0.1, 0.15) is 108 Å². The topological polar surface area (TPSA) is 113 Å². The molecule has 1 aliphatic heterocycles. The van der Waals surface area contributed by atoms with Crippen LogP contribution in [0.15, 0.2) is 12.0 Å². The molecule has 2 fully saturated rings. The van der Waals surface area contributed by atoms with Gasteiger partial charge in [0, 0.05) is 34.5 Å². The van der Waals surface area contributed by atoms with E-state index < -0.39 is 29.7 Å². The molecule has 2 N–H and O–H groups in total. The standard InChI is InChI=1S/C29H43N5O4S/c1-16(2)34-19(5)23(18(4)26-31-21(15-39-26)20-12-10-9-11-13-20)32-27(34)37-22-14-33(24(17(22)3)25(30)35)28(36)38-29(6,7)8/h15-17,20,22,24H,4,9-14H2,1-3,5-8H3,(H2,30,35)/t17-,22+,24+/m1/s1. The molecule has 0 aromatic carbocycles. The first-order chi connectivity index (χ1) is 18.3. The molecule has 3 atom stereocenters. The number of carbonyl (C=O) groups is 2. The maximum absolute atomic E-state index is 12.9. The predicted octanol–water partition coefficient (Wildman–Crippen LogP) is 5.83. The zero-order valence-corrected chi connectivity index (χ0v) is 25.1. The molecule has 2 aromatic rings. The van der Waals surface area contributed by atoms with Crippen molar-refractivity contribution in [1.29, 1.82) is 0 Å². The van der Waals surface area contributed by atoms with Crippen molar-refractivity contribution < 1.29 is 19.1 Å². The van der Waals surface area contributed by atoms with Crippen LogP contribution < -0.4 is 10.5 Å². The third-order valence-corrected chi connectivity index (χ3v) is 8.62. The summed E-state index contributed by atoms with van der Waals surface area (Å²) < 4.78 is 14.0. The zero-order valence-electron chi connectivity index (χ0n) is 24.3. The van der Waals surface area contributed by atoms with Crippen LogP contribution in [0.2, 0.25) is 0 Å². The van der Waals surface area contributed by atoms with Gasteiger partial charge in [-0.1, -0.05) is 32.8 Å². The molecule has 1 saturated heterocycles. The average Bonchev–Trinajstić information content (AvgIpc) is 3.55. The number of nitrogens with two attached hydrogens (primary N) is 1. The highest BCUT2D eigenvalue weighted by Gasteiger charge is 2.48. The molecule has 214 valence electrons. The summed E-state index contributed by atoms with van der Waals surface area (Å²) in [6, 6.07) is -0.348. The van der Waals surface area contributed by atoms with Crippen molar-refractivity contribution in [2.45, 2.75) is 110 Å². The molecule has 2 amide bonds. The lowest BCUT2D eigenvalue weighted by Crippen LogP contribution is -2.47. The third-order valence-electron chi connectivity index (χ3n) is 7.70. The molecule has 1 saturated carbocycles. The van der Waals surface area contributed by atoms with Gasteiger partial charge >= 0.3 is 6.09 Å². The zero-order chi connectivity index (χ0) is 28.6. The monoisotopic (exact) mass is 557 g/mol. The fourth-order valence-corrected chi connectivity index (χ4v) is 6.61. The van der Waals surface area contributed by atoms with Gasteiger partial charge in [0.25, 0.3) is 6.01 Å². The van der Waals surface area contributed by atoms with Crippen molar-refractivity contribution in [3.8, 4) is 6.01 Å². The lowest BCUT2D eigenvalue weighted by molar-refractivity contribution is -0.123. The molecule has 0 radical (unpaired) electrons. The van der Waals surface area contributed by atoms with Crippen molar-refractivity contribution in [1.82, 2.24) is 19.4 Å². The summed E-state index contributed by atoms with van der Waals surface area (Å²) >= 11 is 1.61. The number of aromatic nitrogens is 3. The van der Waals surface area contributed by atoms with Gasteiger partial charge in [0.05, 0.1) is 17.9 Å². The van der Waals surface area contributed by atoms with Crippen LogP contribution in [0, 0.1) is 12.8 Å². The van der Waals surface area contributed by atoms with Gasteiger partial charge in [-0.15, -0.1) is 11.3 Å². The van der Waals surface area contributed by atoms with Gasteiger partial charge in [0.1, 0.15) is 22.8 Å². The van der Waals surface area contributed by atoms with Crippen molar-refractivity contribution >= 4 is 28.9 Å². The predicted molar refractivity (Wildman–Crippen MR) is 153 cm³/mol. The molecular weight excluding hydrogens is 514 g/mol. The Morgan fingerprint density at radius 1 is 1.18 bits per heavy atom. The van der Waals surface area contributed by atoms with Crippen molar-refractivity contribution in [3.05, 3.63) is 34.0 Å². The smallest absolute Gasteiger partial charge is 0.411 e. The van der Waals surface area contributed by atoms with Crippen molar-refractivity contribution in [2.75, 3.05) is 6.54 Å². The average molecular weight is 558 g/mol. The fraction of sp³-hybridized carbons (Fsp3) is 0.655. The molecule has 3 heterocycles. The number of ether oxygens (including phenoxy) is 2. The van der Waals surface area contributed by atoms with E-state index in [-0.39, 0.29) is 18.5 Å². The highest BCUT2D eigenvalue weighted by molar-refractivity contribution is 7.10. The fourth-order valence-electron chi connectivity index (χ4n) is 5.74. The second-order valence-corrected chi connectivity index (χ2v) is 13.0. The van der Waals surface area contributed by atoms with Crippen LogP contribution in [-0.2, 0) is 9.53 Å². The van der Waals surface area contributed by atoms with Gasteiger partial charge in [0.15, 0.2) is 0 Å². The minimum absolute atomic E-state index is 0.0637. The van der Waals surface area contributed by atoms with Gasteiger partial charge in [-0.3, -0.25) is 14.3 Å². The van der Waals surface area contributed by atoms with E-state index in [0.29, 0.717) is 11.9 Å². The summed E-state index contributed by atoms with van der Waals surface area (Å²) in [6.45, 7) is 17.9. The summed E-state index contributed by atoms with van der Waals surface area (Å²) in [5, 5.41) is 3.04. The summed E-state index contributed by atoms with van der Waals surface area (Å²) in [5.74, 6) is -0.412. The number of imidazole rings is 1. The maximum Gasteiger partial charge on any atom is 0.411 e. The number of amides is 2. The Hall–Kier alpha value is -2.88. The summed E-state index contributed by atoms with van der Waals surface area (Å²) in [6.07, 6.45) is 5.15. The number of hydrogen-bond donors (Lipinski definition) is 1. The van der Waals surface area contributed by atoms with Crippen LogP contribution in [0.4, 0.5) is 4.79 Å². The number of hydrogen-bond acceptors (Lipinski definition) is 7. The minimum Gasteiger partial charge on any atom is -0.459 e. The van der Waals surface area contributed by atoms with Gasteiger partial charge in [-0.25, -0.2) is 9.78 Å². The van der Waals surface area contributed by atoms with Crippen LogP contribution >= 0.6 is 11.3 Å². The van der Waals surface area contributed by atoms with E-state index in [1.54, 1.807) is 32.1 Å². The number of primary amides is 1. The van der Waals surface area contributed by atoms with Gasteiger partial charge in [-0.05, 0) is 54.4 Å². The number of rotatable bonds is 7. The Morgan fingerprint density at radius 3 is 2.44 bits per heavy atom. The second kappa shape index (κ2) is 11.3. The normalized spacial score (nSPS) is 22.4. The molecule has 2 aliphatic rings. The highest BCUT2D eigenvalue weighted by Crippen LogP contribution is 2.37. The molecule has 2 aromatic heterocycles. The lowest BCUT2D eigenvalue weighted by atomic mass is 9.87. The van der Waals surface area contributed by atoms with Crippen molar-refractivity contribution in [2.24, 2.45) is 11.7 Å². The number of nitrogens with zero attached hydrogens (tertiary/aromatic N) is 4. The SMILES string of the molecule is C=C(c1nc(C2CCCCC2)cs1)c1nc(O[C@H]2CN(C(=O)OC(C)(C)C)[C@H](C(N)=O)[C@@H]2C)n(C(C)C)c1C. The number of thiazole rings is 1. The van der Waals surface area contributed by atoms with E-state index in [0.717, 1.165) is 27.7 Å². The molecule has 0 unspecified atom stereocenters. The Balaban J connectivity index is 1.59. The van der Waals surface area contributed by atoms with Crippen LogP contribution in [0.5, 0.6) is 6.01 Å².